The van der Waals surface area contributed by atoms with Crippen LogP contribution in [0.3, 0.4) is 0 Å². The number of hydrogen-bond donors (Lipinski definition) is 3. The molecule has 6 heteroatoms. The predicted octanol–water partition coefficient (Wildman–Crippen LogP) is 2.02. The Kier molecular flexibility index (Phi) is 6.42. The number of aliphatic carboxylic acids is 1. The summed E-state index contributed by atoms with van der Waals surface area (Å²) in [4.78, 5) is 24.0. The van der Waals surface area contributed by atoms with Crippen molar-refractivity contribution < 1.29 is 19.8 Å². The van der Waals surface area contributed by atoms with Crippen molar-refractivity contribution in [3.63, 3.8) is 0 Å². The number of nitrogens with zero attached hydrogens (tertiary/aromatic N) is 1. The molecule has 0 aliphatic carbocycles. The number of anilines is 1. The minimum absolute atomic E-state index is 0.0186. The van der Waals surface area contributed by atoms with Gasteiger partial charge in [-0.25, -0.2) is 9.59 Å². The quantitative estimate of drug-likeness (QED) is 0.700. The molecule has 0 unspecified atom stereocenters. The maximum atomic E-state index is 12.1. The Hall–Kier alpha value is -2.34. The van der Waals surface area contributed by atoms with Crippen molar-refractivity contribution in [2.75, 3.05) is 18.5 Å². The number of hydrogen-bond acceptors (Lipinski definition) is 3. The number of amides is 2. The fourth-order valence-corrected chi connectivity index (χ4v) is 1.74. The SMILES string of the molecule is CC(C)N(CCO)C(=O)Nc1ccc(C=CC(=O)O)cc1. The van der Waals surface area contributed by atoms with E-state index in [0.717, 1.165) is 11.6 Å². The first-order valence-electron chi connectivity index (χ1n) is 6.63. The second kappa shape index (κ2) is 8.06. The Labute approximate surface area is 123 Å². The smallest absolute Gasteiger partial charge is 0.328 e. The third kappa shape index (κ3) is 5.66. The second-order valence-corrected chi connectivity index (χ2v) is 4.73. The van der Waals surface area contributed by atoms with Crippen molar-refractivity contribution >= 4 is 23.8 Å². The molecule has 0 saturated carbocycles. The molecule has 0 bridgehead atoms. The summed E-state index contributed by atoms with van der Waals surface area (Å²) in [5, 5.41) is 20.2. The van der Waals surface area contributed by atoms with Crippen molar-refractivity contribution in [3.8, 4) is 0 Å². The van der Waals surface area contributed by atoms with Crippen LogP contribution in [-0.2, 0) is 4.79 Å². The third-order valence-electron chi connectivity index (χ3n) is 2.81. The third-order valence-corrected chi connectivity index (χ3v) is 2.81. The highest BCUT2D eigenvalue weighted by Crippen LogP contribution is 2.12. The Balaban J connectivity index is 2.70. The van der Waals surface area contributed by atoms with Crippen LogP contribution in [0.5, 0.6) is 0 Å². The number of aliphatic hydroxyl groups excluding tert-OH is 1. The molecule has 21 heavy (non-hydrogen) atoms. The highest BCUT2D eigenvalue weighted by molar-refractivity contribution is 5.90. The number of rotatable bonds is 6. The predicted molar refractivity (Wildman–Crippen MR) is 81.1 cm³/mol. The van der Waals surface area contributed by atoms with E-state index in [1.54, 1.807) is 24.3 Å². The van der Waals surface area contributed by atoms with Gasteiger partial charge < -0.3 is 20.4 Å². The zero-order valence-corrected chi connectivity index (χ0v) is 12.1. The van der Waals surface area contributed by atoms with E-state index in [0.29, 0.717) is 5.69 Å². The number of benzene rings is 1. The molecule has 0 atom stereocenters. The number of nitrogens with one attached hydrogen (secondary N) is 1. The van der Waals surface area contributed by atoms with Crippen LogP contribution in [0.2, 0.25) is 0 Å². The molecule has 114 valence electrons. The molecule has 0 heterocycles. The van der Waals surface area contributed by atoms with Gasteiger partial charge in [-0.15, -0.1) is 0 Å². The summed E-state index contributed by atoms with van der Waals surface area (Å²) in [6, 6.07) is 6.50. The van der Waals surface area contributed by atoms with Crippen molar-refractivity contribution in [3.05, 3.63) is 35.9 Å². The lowest BCUT2D eigenvalue weighted by molar-refractivity contribution is -0.131. The molecule has 1 aromatic rings. The molecule has 2 amide bonds. The van der Waals surface area contributed by atoms with E-state index in [2.05, 4.69) is 5.32 Å². The van der Waals surface area contributed by atoms with Gasteiger partial charge in [-0.05, 0) is 37.6 Å². The van der Waals surface area contributed by atoms with Gasteiger partial charge in [-0.1, -0.05) is 12.1 Å². The van der Waals surface area contributed by atoms with E-state index in [-0.39, 0.29) is 25.2 Å². The van der Waals surface area contributed by atoms with Crippen molar-refractivity contribution in [2.24, 2.45) is 0 Å². The van der Waals surface area contributed by atoms with Crippen LogP contribution >= 0.6 is 0 Å². The maximum Gasteiger partial charge on any atom is 0.328 e. The number of carboxylic acid groups (broad SMARTS) is 1. The van der Waals surface area contributed by atoms with Gasteiger partial charge in [0, 0.05) is 24.4 Å². The first kappa shape index (κ1) is 16.7. The molecular weight excluding hydrogens is 272 g/mol. The van der Waals surface area contributed by atoms with Crippen molar-refractivity contribution in [1.29, 1.82) is 0 Å². The number of urea groups is 1. The molecule has 0 fully saturated rings. The minimum Gasteiger partial charge on any atom is -0.478 e. The zero-order chi connectivity index (χ0) is 15.8. The zero-order valence-electron chi connectivity index (χ0n) is 12.1. The molecule has 0 spiro atoms. The van der Waals surface area contributed by atoms with Crippen LogP contribution in [0.25, 0.3) is 6.08 Å². The van der Waals surface area contributed by atoms with E-state index < -0.39 is 5.97 Å². The highest BCUT2D eigenvalue weighted by Gasteiger charge is 2.15. The topological polar surface area (TPSA) is 89.9 Å². The van der Waals surface area contributed by atoms with Gasteiger partial charge in [-0.3, -0.25) is 0 Å². The molecular formula is C15H20N2O4. The number of carbonyl (C=O) groups is 2. The van der Waals surface area contributed by atoms with Gasteiger partial charge in [0.15, 0.2) is 0 Å². The van der Waals surface area contributed by atoms with Gasteiger partial charge in [0.25, 0.3) is 0 Å². The highest BCUT2D eigenvalue weighted by atomic mass is 16.4. The average molecular weight is 292 g/mol. The summed E-state index contributed by atoms with van der Waals surface area (Å²) < 4.78 is 0. The molecule has 3 N–H and O–H groups in total. The lowest BCUT2D eigenvalue weighted by Gasteiger charge is -2.26. The Bertz CT molecular complexity index is 509. The monoisotopic (exact) mass is 292 g/mol. The van der Waals surface area contributed by atoms with Gasteiger partial charge in [0.2, 0.25) is 0 Å². The normalized spacial score (nSPS) is 10.9. The van der Waals surface area contributed by atoms with Crippen LogP contribution in [0.4, 0.5) is 10.5 Å². The second-order valence-electron chi connectivity index (χ2n) is 4.73. The Morgan fingerprint density at radius 3 is 2.38 bits per heavy atom. The van der Waals surface area contributed by atoms with Crippen molar-refractivity contribution in [1.82, 2.24) is 4.90 Å². The molecule has 0 saturated heterocycles. The number of carbonyl (C=O) groups excluding carboxylic acids is 1. The summed E-state index contributed by atoms with van der Waals surface area (Å²) in [7, 11) is 0. The summed E-state index contributed by atoms with van der Waals surface area (Å²) >= 11 is 0. The van der Waals surface area contributed by atoms with E-state index in [9.17, 15) is 9.59 Å². The van der Waals surface area contributed by atoms with Crippen LogP contribution in [0.15, 0.2) is 30.3 Å². The number of carboxylic acids is 1. The average Bonchev–Trinajstić information content (AvgIpc) is 2.43. The van der Waals surface area contributed by atoms with E-state index >= 15 is 0 Å². The minimum atomic E-state index is -1.01. The van der Waals surface area contributed by atoms with Crippen LogP contribution in [0, 0.1) is 0 Å². The summed E-state index contributed by atoms with van der Waals surface area (Å²) in [6.07, 6.45) is 2.52. The fourth-order valence-electron chi connectivity index (χ4n) is 1.74. The lowest BCUT2D eigenvalue weighted by Crippen LogP contribution is -2.41. The van der Waals surface area contributed by atoms with E-state index in [4.69, 9.17) is 10.2 Å². The standard InChI is InChI=1S/C15H20N2O4/c1-11(2)17(9-10-18)15(21)16-13-6-3-12(4-7-13)5-8-14(19)20/h3-8,11,18H,9-10H2,1-2H3,(H,16,21)(H,19,20). The first-order valence-corrected chi connectivity index (χ1v) is 6.63. The first-order chi connectivity index (χ1) is 9.93. The van der Waals surface area contributed by atoms with Gasteiger partial charge >= 0.3 is 12.0 Å². The fraction of sp³-hybridized carbons (Fsp3) is 0.333. The molecule has 0 aliphatic heterocycles. The number of aliphatic hydroxyl groups is 1. The molecule has 0 radical (unpaired) electrons. The molecule has 1 aromatic carbocycles. The van der Waals surface area contributed by atoms with Crippen molar-refractivity contribution in [2.45, 2.75) is 19.9 Å². The van der Waals surface area contributed by atoms with Crippen LogP contribution in [-0.4, -0.2) is 46.3 Å². The Morgan fingerprint density at radius 2 is 1.90 bits per heavy atom. The van der Waals surface area contributed by atoms with E-state index in [1.165, 1.54) is 11.0 Å². The molecule has 0 aromatic heterocycles. The maximum absolute atomic E-state index is 12.1. The Morgan fingerprint density at radius 1 is 1.29 bits per heavy atom. The molecule has 0 aliphatic rings. The van der Waals surface area contributed by atoms with Crippen LogP contribution in [0.1, 0.15) is 19.4 Å². The van der Waals surface area contributed by atoms with Gasteiger partial charge in [-0.2, -0.15) is 0 Å². The van der Waals surface area contributed by atoms with Crippen LogP contribution < -0.4 is 5.32 Å². The molecule has 1 rings (SSSR count). The van der Waals surface area contributed by atoms with Gasteiger partial charge in [0.1, 0.15) is 0 Å². The molecule has 6 nitrogen and oxygen atoms in total. The summed E-state index contributed by atoms with van der Waals surface area (Å²) in [6.45, 7) is 3.91. The summed E-state index contributed by atoms with van der Waals surface area (Å²) in [5.41, 5.74) is 1.34. The summed E-state index contributed by atoms with van der Waals surface area (Å²) in [5.74, 6) is -1.01. The lowest BCUT2D eigenvalue weighted by atomic mass is 10.2. The largest absolute Gasteiger partial charge is 0.478 e. The van der Waals surface area contributed by atoms with E-state index in [1.807, 2.05) is 13.8 Å². The van der Waals surface area contributed by atoms with Gasteiger partial charge in [0.05, 0.1) is 6.61 Å².